The molecule has 0 fully saturated rings. The first-order valence-corrected chi connectivity index (χ1v) is 12.0. The fraction of sp³-hybridized carbons (Fsp3) is 0.167. The summed E-state index contributed by atoms with van der Waals surface area (Å²) >= 11 is 5.98. The van der Waals surface area contributed by atoms with Crippen LogP contribution in [0.25, 0.3) is 10.9 Å². The summed E-state index contributed by atoms with van der Waals surface area (Å²) in [6.07, 6.45) is 2.94. The number of aromatic nitrogens is 1. The summed E-state index contributed by atoms with van der Waals surface area (Å²) in [5.41, 5.74) is 2.10. The van der Waals surface area contributed by atoms with Crippen molar-refractivity contribution >= 4 is 32.3 Å². The first kappa shape index (κ1) is 21.5. The summed E-state index contributed by atoms with van der Waals surface area (Å²) in [4.78, 5) is 3.18. The molecule has 0 aliphatic heterocycles. The van der Waals surface area contributed by atoms with Crippen LogP contribution in [0.15, 0.2) is 66.9 Å². The second-order valence-electron chi connectivity index (χ2n) is 7.87. The third-order valence-electron chi connectivity index (χ3n) is 5.65. The van der Waals surface area contributed by atoms with Crippen LogP contribution in [0.4, 0.5) is 8.78 Å². The highest BCUT2D eigenvalue weighted by atomic mass is 35.5. The van der Waals surface area contributed by atoms with Crippen LogP contribution in [-0.4, -0.2) is 19.7 Å². The van der Waals surface area contributed by atoms with Crippen LogP contribution < -0.4 is 0 Å². The topological polar surface area (TPSA) is 49.9 Å². The molecule has 3 aromatic carbocycles. The van der Waals surface area contributed by atoms with Crippen molar-refractivity contribution in [1.29, 1.82) is 0 Å². The molecule has 1 unspecified atom stereocenters. The molecule has 0 amide bonds. The number of hydrogen-bond donors (Lipinski definition) is 1. The van der Waals surface area contributed by atoms with Gasteiger partial charge in [0.15, 0.2) is 9.84 Å². The van der Waals surface area contributed by atoms with Crippen molar-refractivity contribution in [3.63, 3.8) is 0 Å². The molecule has 31 heavy (non-hydrogen) atoms. The molecule has 0 radical (unpaired) electrons. The Morgan fingerprint density at radius 2 is 1.71 bits per heavy atom. The first-order valence-electron chi connectivity index (χ1n) is 9.58. The summed E-state index contributed by atoms with van der Waals surface area (Å²) in [7, 11) is -3.25. The van der Waals surface area contributed by atoms with Crippen LogP contribution in [0.3, 0.4) is 0 Å². The zero-order valence-corrected chi connectivity index (χ0v) is 18.5. The Bertz CT molecular complexity index is 1380. The van der Waals surface area contributed by atoms with Gasteiger partial charge in [-0.15, -0.1) is 0 Å². The van der Waals surface area contributed by atoms with Crippen LogP contribution >= 0.6 is 11.6 Å². The van der Waals surface area contributed by atoms with E-state index in [1.165, 1.54) is 24.5 Å². The molecule has 0 saturated heterocycles. The Labute approximate surface area is 184 Å². The van der Waals surface area contributed by atoms with E-state index in [-0.39, 0.29) is 10.8 Å². The van der Waals surface area contributed by atoms with Gasteiger partial charge in [0.1, 0.15) is 11.6 Å². The van der Waals surface area contributed by atoms with E-state index in [4.69, 9.17) is 11.6 Å². The fourth-order valence-electron chi connectivity index (χ4n) is 4.17. The zero-order valence-electron chi connectivity index (χ0n) is 16.9. The van der Waals surface area contributed by atoms with Crippen LogP contribution in [-0.2, 0) is 21.0 Å². The minimum atomic E-state index is -3.25. The SMILES string of the molecule is CC(c1ccc(F)cc1)(c1ccc(Cl)cc1F)c1c[nH]c2c(CS(C)(=O)=O)cccc12. The van der Waals surface area contributed by atoms with Gasteiger partial charge in [-0.3, -0.25) is 0 Å². The van der Waals surface area contributed by atoms with E-state index >= 15 is 4.39 Å². The minimum Gasteiger partial charge on any atom is -0.361 e. The van der Waals surface area contributed by atoms with E-state index in [0.717, 1.165) is 10.9 Å². The molecule has 4 aromatic rings. The molecule has 1 atom stereocenters. The lowest BCUT2D eigenvalue weighted by molar-refractivity contribution is 0.567. The minimum absolute atomic E-state index is 0.118. The highest BCUT2D eigenvalue weighted by Crippen LogP contribution is 2.44. The van der Waals surface area contributed by atoms with Gasteiger partial charge in [0.05, 0.1) is 5.75 Å². The van der Waals surface area contributed by atoms with Crippen LogP contribution in [0, 0.1) is 11.6 Å². The number of benzene rings is 3. The predicted octanol–water partition coefficient (Wildman–Crippen LogP) is 6.00. The molecule has 7 heteroatoms. The second kappa shape index (κ2) is 7.77. The zero-order chi connectivity index (χ0) is 22.4. The number of nitrogens with one attached hydrogen (secondary N) is 1. The standard InChI is InChI=1S/C24H20ClF2NO2S/c1-24(16-6-9-18(26)10-7-16,20-11-8-17(25)12-22(20)27)21-13-28-23-15(14-31(2,29)30)4-3-5-19(21)23/h3-13,28H,14H2,1-2H3. The largest absolute Gasteiger partial charge is 0.361 e. The molecular formula is C24H20ClF2NO2S. The molecule has 3 nitrogen and oxygen atoms in total. The average Bonchev–Trinajstić information content (AvgIpc) is 3.12. The van der Waals surface area contributed by atoms with E-state index in [2.05, 4.69) is 4.98 Å². The van der Waals surface area contributed by atoms with E-state index in [9.17, 15) is 12.8 Å². The predicted molar refractivity (Wildman–Crippen MR) is 120 cm³/mol. The molecule has 0 bridgehead atoms. The normalized spacial score (nSPS) is 14.0. The van der Waals surface area contributed by atoms with Gasteiger partial charge in [-0.05, 0) is 47.9 Å². The molecule has 0 saturated carbocycles. The second-order valence-corrected chi connectivity index (χ2v) is 10.4. The van der Waals surface area contributed by atoms with Crippen LogP contribution in [0.2, 0.25) is 5.02 Å². The Hall–Kier alpha value is -2.70. The van der Waals surface area contributed by atoms with Crippen LogP contribution in [0.5, 0.6) is 0 Å². The van der Waals surface area contributed by atoms with Crippen molar-refractivity contribution in [1.82, 2.24) is 4.98 Å². The molecular weight excluding hydrogens is 440 g/mol. The molecule has 0 aliphatic carbocycles. The van der Waals surface area contributed by atoms with Gasteiger partial charge in [0, 0.05) is 39.4 Å². The molecule has 1 heterocycles. The Kier molecular flexibility index (Phi) is 5.40. The van der Waals surface area contributed by atoms with Crippen molar-refractivity contribution in [3.05, 3.63) is 106 Å². The summed E-state index contributed by atoms with van der Waals surface area (Å²) < 4.78 is 52.6. The molecule has 4 rings (SSSR count). The van der Waals surface area contributed by atoms with Crippen molar-refractivity contribution < 1.29 is 17.2 Å². The molecule has 160 valence electrons. The van der Waals surface area contributed by atoms with E-state index < -0.39 is 26.9 Å². The number of rotatable bonds is 5. The number of hydrogen-bond acceptors (Lipinski definition) is 2. The van der Waals surface area contributed by atoms with Crippen LogP contribution in [0.1, 0.15) is 29.2 Å². The van der Waals surface area contributed by atoms with Gasteiger partial charge in [0.2, 0.25) is 0 Å². The summed E-state index contributed by atoms with van der Waals surface area (Å²) in [6, 6.07) is 15.8. The summed E-state index contributed by atoms with van der Waals surface area (Å²) in [5, 5.41) is 1.04. The summed E-state index contributed by atoms with van der Waals surface area (Å²) in [6.45, 7) is 1.86. The van der Waals surface area contributed by atoms with Crippen molar-refractivity contribution in [2.24, 2.45) is 0 Å². The number of sulfone groups is 1. The van der Waals surface area contributed by atoms with Gasteiger partial charge in [0.25, 0.3) is 0 Å². The number of para-hydroxylation sites is 1. The summed E-state index contributed by atoms with van der Waals surface area (Å²) in [5.74, 6) is -0.995. The first-order chi connectivity index (χ1) is 14.6. The third-order valence-corrected chi connectivity index (χ3v) is 6.72. The molecule has 1 N–H and O–H groups in total. The van der Waals surface area contributed by atoms with Crippen molar-refractivity contribution in [2.45, 2.75) is 18.1 Å². The molecule has 0 aliphatic rings. The highest BCUT2D eigenvalue weighted by molar-refractivity contribution is 7.89. The number of H-pyrrole nitrogens is 1. The average molecular weight is 460 g/mol. The highest BCUT2D eigenvalue weighted by Gasteiger charge is 2.36. The maximum absolute atomic E-state index is 15.2. The van der Waals surface area contributed by atoms with E-state index in [1.807, 2.05) is 13.0 Å². The number of aromatic amines is 1. The molecule has 1 aromatic heterocycles. The lowest BCUT2D eigenvalue weighted by atomic mass is 9.70. The van der Waals surface area contributed by atoms with E-state index in [0.29, 0.717) is 22.2 Å². The van der Waals surface area contributed by atoms with E-state index in [1.54, 1.807) is 42.6 Å². The quantitative estimate of drug-likeness (QED) is 0.398. The van der Waals surface area contributed by atoms with Gasteiger partial charge in [-0.2, -0.15) is 0 Å². The number of fused-ring (bicyclic) bond motifs is 1. The third kappa shape index (κ3) is 3.98. The van der Waals surface area contributed by atoms with Gasteiger partial charge >= 0.3 is 0 Å². The maximum atomic E-state index is 15.2. The monoisotopic (exact) mass is 459 g/mol. The Morgan fingerprint density at radius 3 is 2.35 bits per heavy atom. The lowest BCUT2D eigenvalue weighted by Gasteiger charge is -2.31. The van der Waals surface area contributed by atoms with Gasteiger partial charge in [-0.1, -0.05) is 48.0 Å². The Balaban J connectivity index is 2.02. The maximum Gasteiger partial charge on any atom is 0.151 e. The van der Waals surface area contributed by atoms with Crippen molar-refractivity contribution in [3.8, 4) is 0 Å². The number of halogens is 3. The fourth-order valence-corrected chi connectivity index (χ4v) is 5.13. The Morgan fingerprint density at radius 1 is 1.00 bits per heavy atom. The smallest absolute Gasteiger partial charge is 0.151 e. The van der Waals surface area contributed by atoms with Gasteiger partial charge < -0.3 is 4.98 Å². The van der Waals surface area contributed by atoms with Crippen molar-refractivity contribution in [2.75, 3.05) is 6.26 Å². The lowest BCUT2D eigenvalue weighted by Crippen LogP contribution is -2.26. The molecule has 0 spiro atoms. The van der Waals surface area contributed by atoms with Gasteiger partial charge in [-0.25, -0.2) is 17.2 Å².